The highest BCUT2D eigenvalue weighted by molar-refractivity contribution is 9.10. The van der Waals surface area contributed by atoms with Crippen LogP contribution < -0.4 is 5.32 Å². The molecular weight excluding hydrogens is 383 g/mol. The fraction of sp³-hybridized carbons (Fsp3) is 0.133. The standard InChI is InChI=1S/C15H12BrFN4OS/c1-8-12(13-18-5-6-21(13)2)23-15(19-8)20-14(22)10-4-3-9(16)7-11(10)17/h3-7H,1-2H3,(H,19,20,22). The van der Waals surface area contributed by atoms with Gasteiger partial charge in [0, 0.05) is 23.9 Å². The lowest BCUT2D eigenvalue weighted by atomic mass is 10.2. The summed E-state index contributed by atoms with van der Waals surface area (Å²) in [7, 11) is 1.89. The minimum absolute atomic E-state index is 0.0282. The van der Waals surface area contributed by atoms with Crippen molar-refractivity contribution in [2.24, 2.45) is 7.05 Å². The molecule has 0 bridgehead atoms. The van der Waals surface area contributed by atoms with E-state index in [2.05, 4.69) is 31.2 Å². The van der Waals surface area contributed by atoms with Crippen molar-refractivity contribution < 1.29 is 9.18 Å². The Labute approximate surface area is 144 Å². The van der Waals surface area contributed by atoms with E-state index in [1.165, 1.54) is 23.5 Å². The van der Waals surface area contributed by atoms with Gasteiger partial charge >= 0.3 is 0 Å². The van der Waals surface area contributed by atoms with Gasteiger partial charge in [-0.3, -0.25) is 10.1 Å². The maximum atomic E-state index is 13.8. The van der Waals surface area contributed by atoms with E-state index in [9.17, 15) is 9.18 Å². The third-order valence-electron chi connectivity index (χ3n) is 3.22. The molecule has 3 aromatic rings. The van der Waals surface area contributed by atoms with E-state index in [4.69, 9.17) is 0 Å². The van der Waals surface area contributed by atoms with Crippen LogP contribution in [-0.4, -0.2) is 20.4 Å². The number of carbonyl (C=O) groups is 1. The molecule has 0 saturated carbocycles. The predicted octanol–water partition coefficient (Wildman–Crippen LogP) is 4.01. The Bertz CT molecular complexity index is 889. The van der Waals surface area contributed by atoms with Crippen molar-refractivity contribution in [1.29, 1.82) is 0 Å². The topological polar surface area (TPSA) is 59.8 Å². The number of anilines is 1. The number of hydrogen-bond donors (Lipinski definition) is 1. The molecule has 0 spiro atoms. The minimum Gasteiger partial charge on any atom is -0.333 e. The Morgan fingerprint density at radius 2 is 2.22 bits per heavy atom. The van der Waals surface area contributed by atoms with Gasteiger partial charge in [-0.1, -0.05) is 27.3 Å². The number of carbonyl (C=O) groups excluding carboxylic acids is 1. The van der Waals surface area contributed by atoms with Gasteiger partial charge in [-0.15, -0.1) is 0 Å². The van der Waals surface area contributed by atoms with Gasteiger partial charge in [-0.05, 0) is 25.1 Å². The largest absolute Gasteiger partial charge is 0.333 e. The molecule has 0 aliphatic rings. The van der Waals surface area contributed by atoms with Crippen LogP contribution in [0.2, 0.25) is 0 Å². The first kappa shape index (κ1) is 15.8. The molecule has 3 rings (SSSR count). The van der Waals surface area contributed by atoms with Gasteiger partial charge in [0.25, 0.3) is 5.91 Å². The molecule has 1 aromatic carbocycles. The number of halogens is 2. The third-order valence-corrected chi connectivity index (χ3v) is 4.78. The molecule has 0 saturated heterocycles. The summed E-state index contributed by atoms with van der Waals surface area (Å²) in [6, 6.07) is 4.29. The zero-order chi connectivity index (χ0) is 16.6. The van der Waals surface area contributed by atoms with Crippen molar-refractivity contribution in [3.8, 4) is 10.7 Å². The second-order valence-electron chi connectivity index (χ2n) is 4.87. The van der Waals surface area contributed by atoms with Gasteiger partial charge in [0.2, 0.25) is 0 Å². The van der Waals surface area contributed by atoms with Crippen molar-refractivity contribution in [2.75, 3.05) is 5.32 Å². The van der Waals surface area contributed by atoms with Crippen molar-refractivity contribution >= 4 is 38.3 Å². The summed E-state index contributed by atoms with van der Waals surface area (Å²) in [6.45, 7) is 1.84. The molecule has 23 heavy (non-hydrogen) atoms. The van der Waals surface area contributed by atoms with Crippen LogP contribution in [-0.2, 0) is 7.05 Å². The van der Waals surface area contributed by atoms with Gasteiger partial charge in [-0.2, -0.15) is 0 Å². The van der Waals surface area contributed by atoms with Crippen LogP contribution in [0.5, 0.6) is 0 Å². The van der Waals surface area contributed by atoms with E-state index < -0.39 is 11.7 Å². The Hall–Kier alpha value is -2.06. The van der Waals surface area contributed by atoms with E-state index in [0.29, 0.717) is 9.60 Å². The number of imidazole rings is 1. The predicted molar refractivity (Wildman–Crippen MR) is 91.1 cm³/mol. The van der Waals surface area contributed by atoms with E-state index in [-0.39, 0.29) is 5.56 Å². The second-order valence-corrected chi connectivity index (χ2v) is 6.79. The molecule has 0 aliphatic carbocycles. The van der Waals surface area contributed by atoms with E-state index in [0.717, 1.165) is 16.4 Å². The number of amides is 1. The number of thiazole rings is 1. The number of hydrogen-bond acceptors (Lipinski definition) is 4. The van der Waals surface area contributed by atoms with Crippen LogP contribution in [0.4, 0.5) is 9.52 Å². The van der Waals surface area contributed by atoms with Crippen molar-refractivity contribution in [3.05, 3.63) is 52.1 Å². The molecule has 118 valence electrons. The zero-order valence-electron chi connectivity index (χ0n) is 12.3. The smallest absolute Gasteiger partial charge is 0.260 e. The number of nitrogens with zero attached hydrogens (tertiary/aromatic N) is 3. The van der Waals surface area contributed by atoms with Crippen LogP contribution in [0.25, 0.3) is 10.7 Å². The summed E-state index contributed by atoms with van der Waals surface area (Å²) in [5.41, 5.74) is 0.732. The number of benzene rings is 1. The maximum absolute atomic E-state index is 13.8. The number of aromatic nitrogens is 3. The fourth-order valence-electron chi connectivity index (χ4n) is 2.08. The summed E-state index contributed by atoms with van der Waals surface area (Å²) in [5.74, 6) is -0.347. The molecule has 0 atom stereocenters. The molecule has 0 radical (unpaired) electrons. The van der Waals surface area contributed by atoms with Gasteiger partial charge in [0.1, 0.15) is 5.82 Å². The highest BCUT2D eigenvalue weighted by Crippen LogP contribution is 2.31. The second kappa shape index (κ2) is 6.21. The van der Waals surface area contributed by atoms with Gasteiger partial charge < -0.3 is 4.57 Å². The highest BCUT2D eigenvalue weighted by Gasteiger charge is 2.17. The van der Waals surface area contributed by atoms with Crippen LogP contribution in [0.15, 0.2) is 35.1 Å². The highest BCUT2D eigenvalue weighted by atomic mass is 79.9. The van der Waals surface area contributed by atoms with Gasteiger partial charge in [0.05, 0.1) is 16.1 Å². The maximum Gasteiger partial charge on any atom is 0.260 e. The van der Waals surface area contributed by atoms with Crippen LogP contribution in [0, 0.1) is 12.7 Å². The summed E-state index contributed by atoms with van der Waals surface area (Å²) < 4.78 is 16.3. The lowest BCUT2D eigenvalue weighted by Crippen LogP contribution is -2.13. The fourth-order valence-corrected chi connectivity index (χ4v) is 3.41. The number of nitrogens with one attached hydrogen (secondary N) is 1. The lowest BCUT2D eigenvalue weighted by Gasteiger charge is -2.03. The Kier molecular flexibility index (Phi) is 4.27. The SMILES string of the molecule is Cc1nc(NC(=O)c2ccc(Br)cc2F)sc1-c1nccn1C. The first-order chi connectivity index (χ1) is 11.0. The molecular formula is C15H12BrFN4OS. The van der Waals surface area contributed by atoms with Crippen LogP contribution in [0.3, 0.4) is 0 Å². The van der Waals surface area contributed by atoms with Crippen LogP contribution in [0.1, 0.15) is 16.1 Å². The average molecular weight is 395 g/mol. The molecule has 0 aliphatic heterocycles. The molecule has 0 unspecified atom stereocenters. The van der Waals surface area contributed by atoms with Crippen molar-refractivity contribution in [1.82, 2.24) is 14.5 Å². The van der Waals surface area contributed by atoms with E-state index in [1.54, 1.807) is 12.3 Å². The minimum atomic E-state index is -0.588. The molecule has 8 heteroatoms. The average Bonchev–Trinajstić information content (AvgIpc) is 3.04. The Balaban J connectivity index is 1.86. The van der Waals surface area contributed by atoms with Crippen molar-refractivity contribution in [2.45, 2.75) is 6.92 Å². The first-order valence-corrected chi connectivity index (χ1v) is 8.28. The van der Waals surface area contributed by atoms with E-state index >= 15 is 0 Å². The Morgan fingerprint density at radius 3 is 2.87 bits per heavy atom. The molecule has 1 N–H and O–H groups in total. The molecule has 5 nitrogen and oxygen atoms in total. The molecule has 2 heterocycles. The number of rotatable bonds is 3. The Morgan fingerprint density at radius 1 is 1.43 bits per heavy atom. The summed E-state index contributed by atoms with van der Waals surface area (Å²) >= 11 is 4.47. The molecule has 0 fully saturated rings. The number of aryl methyl sites for hydroxylation is 2. The summed E-state index contributed by atoms with van der Waals surface area (Å²) in [4.78, 5) is 21.7. The molecule has 2 aromatic heterocycles. The van der Waals surface area contributed by atoms with Crippen molar-refractivity contribution in [3.63, 3.8) is 0 Å². The van der Waals surface area contributed by atoms with Gasteiger partial charge in [0.15, 0.2) is 11.0 Å². The van der Waals surface area contributed by atoms with Gasteiger partial charge in [-0.25, -0.2) is 14.4 Å². The van der Waals surface area contributed by atoms with Crippen LogP contribution >= 0.6 is 27.3 Å². The summed E-state index contributed by atoms with van der Waals surface area (Å²) in [5, 5.41) is 3.05. The zero-order valence-corrected chi connectivity index (χ0v) is 14.7. The molecule has 1 amide bonds. The normalized spacial score (nSPS) is 10.8. The first-order valence-electron chi connectivity index (χ1n) is 6.67. The lowest BCUT2D eigenvalue weighted by molar-refractivity contribution is 0.102. The third kappa shape index (κ3) is 3.18. The monoisotopic (exact) mass is 394 g/mol. The quantitative estimate of drug-likeness (QED) is 0.729. The van der Waals surface area contributed by atoms with E-state index in [1.807, 2.05) is 24.7 Å². The summed E-state index contributed by atoms with van der Waals surface area (Å²) in [6.07, 6.45) is 3.54.